The van der Waals surface area contributed by atoms with Gasteiger partial charge in [-0.3, -0.25) is 0 Å². The van der Waals surface area contributed by atoms with Crippen LogP contribution in [0.3, 0.4) is 0 Å². The molecule has 25 heavy (non-hydrogen) atoms. The molecule has 0 radical (unpaired) electrons. The summed E-state index contributed by atoms with van der Waals surface area (Å²) in [4.78, 5) is 3.50. The zero-order valence-electron chi connectivity index (χ0n) is 13.6. The number of pyridine rings is 1. The lowest BCUT2D eigenvalue weighted by atomic mass is 10.2. The van der Waals surface area contributed by atoms with E-state index in [2.05, 4.69) is 10.3 Å². The van der Waals surface area contributed by atoms with Crippen molar-refractivity contribution in [1.82, 2.24) is 18.6 Å². The fraction of sp³-hybridized carbons (Fsp3) is 0.400. The predicted molar refractivity (Wildman–Crippen MR) is 92.7 cm³/mol. The van der Waals surface area contributed by atoms with Crippen molar-refractivity contribution < 1.29 is 17.2 Å². The summed E-state index contributed by atoms with van der Waals surface area (Å²) in [6, 6.07) is 2.76. The van der Waals surface area contributed by atoms with E-state index in [4.69, 9.17) is 0 Å². The standard InChI is InChI=1S/C15H18F2N4O2S.ClH/c1-18-9-11-10-21(24(22,23)20-7-2-3-8-20)14(13(11)16)12-5-4-6-19-15(12)17;/h4-6,10,18H,2-3,7-9H2,1H3;1H. The molecule has 1 saturated heterocycles. The van der Waals surface area contributed by atoms with Crippen LogP contribution < -0.4 is 5.32 Å². The van der Waals surface area contributed by atoms with Crippen LogP contribution in [-0.4, -0.2) is 41.8 Å². The predicted octanol–water partition coefficient (Wildman–Crippen LogP) is 2.16. The van der Waals surface area contributed by atoms with E-state index >= 15 is 0 Å². The van der Waals surface area contributed by atoms with E-state index in [1.807, 2.05) is 0 Å². The maximum Gasteiger partial charge on any atom is 0.308 e. The summed E-state index contributed by atoms with van der Waals surface area (Å²) in [6.07, 6.45) is 3.95. The highest BCUT2D eigenvalue weighted by Gasteiger charge is 2.32. The molecule has 0 atom stereocenters. The summed E-state index contributed by atoms with van der Waals surface area (Å²) < 4.78 is 56.8. The highest BCUT2D eigenvalue weighted by molar-refractivity contribution is 7.87. The van der Waals surface area contributed by atoms with Crippen LogP contribution in [0.15, 0.2) is 24.5 Å². The molecule has 0 spiro atoms. The zero-order chi connectivity index (χ0) is 17.3. The third kappa shape index (κ3) is 3.55. The van der Waals surface area contributed by atoms with Crippen molar-refractivity contribution >= 4 is 22.6 Å². The van der Waals surface area contributed by atoms with Gasteiger partial charge in [-0.25, -0.2) is 13.3 Å². The molecule has 1 aliphatic rings. The number of aromatic nitrogens is 2. The van der Waals surface area contributed by atoms with Crippen molar-refractivity contribution in [3.8, 4) is 11.3 Å². The summed E-state index contributed by atoms with van der Waals surface area (Å²) in [7, 11) is -2.35. The van der Waals surface area contributed by atoms with Gasteiger partial charge < -0.3 is 5.32 Å². The maximum absolute atomic E-state index is 14.8. The summed E-state index contributed by atoms with van der Waals surface area (Å²) in [5, 5.41) is 2.78. The Balaban J connectivity index is 0.00000225. The van der Waals surface area contributed by atoms with Gasteiger partial charge in [0.05, 0.1) is 5.56 Å². The second-order valence-corrected chi connectivity index (χ2v) is 7.40. The number of hydrogen-bond acceptors (Lipinski definition) is 4. The average molecular weight is 393 g/mol. The second-order valence-electron chi connectivity index (χ2n) is 5.60. The largest absolute Gasteiger partial charge is 0.316 e. The number of nitrogens with one attached hydrogen (secondary N) is 1. The maximum atomic E-state index is 14.8. The molecule has 138 valence electrons. The van der Waals surface area contributed by atoms with Crippen LogP contribution in [0.1, 0.15) is 18.4 Å². The smallest absolute Gasteiger partial charge is 0.308 e. The van der Waals surface area contributed by atoms with Gasteiger partial charge in [-0.05, 0) is 32.0 Å². The molecule has 10 heteroatoms. The molecule has 0 aromatic carbocycles. The quantitative estimate of drug-likeness (QED) is 0.792. The van der Waals surface area contributed by atoms with Crippen molar-refractivity contribution in [2.75, 3.05) is 20.1 Å². The van der Waals surface area contributed by atoms with Gasteiger partial charge in [-0.2, -0.15) is 17.1 Å². The van der Waals surface area contributed by atoms with E-state index in [1.54, 1.807) is 7.05 Å². The lowest BCUT2D eigenvalue weighted by molar-refractivity contribution is 0.469. The number of rotatable bonds is 5. The van der Waals surface area contributed by atoms with Gasteiger partial charge >= 0.3 is 10.2 Å². The summed E-state index contributed by atoms with van der Waals surface area (Å²) in [6.45, 7) is 0.875. The minimum absolute atomic E-state index is 0. The first-order valence-corrected chi connectivity index (χ1v) is 9.02. The number of hydrogen-bond donors (Lipinski definition) is 1. The minimum Gasteiger partial charge on any atom is -0.316 e. The van der Waals surface area contributed by atoms with Gasteiger partial charge in [0.1, 0.15) is 5.69 Å². The van der Waals surface area contributed by atoms with Crippen LogP contribution in [0.2, 0.25) is 0 Å². The molecule has 0 saturated carbocycles. The van der Waals surface area contributed by atoms with Crippen molar-refractivity contribution in [1.29, 1.82) is 0 Å². The van der Waals surface area contributed by atoms with E-state index in [1.165, 1.54) is 28.8 Å². The van der Waals surface area contributed by atoms with Crippen LogP contribution in [0.5, 0.6) is 0 Å². The zero-order valence-corrected chi connectivity index (χ0v) is 15.2. The fourth-order valence-electron chi connectivity index (χ4n) is 2.85. The van der Waals surface area contributed by atoms with Crippen LogP contribution >= 0.6 is 12.4 Å². The van der Waals surface area contributed by atoms with Crippen molar-refractivity contribution in [3.63, 3.8) is 0 Å². The molecule has 0 bridgehead atoms. The Bertz CT molecular complexity index is 851. The molecule has 1 aliphatic heterocycles. The molecule has 0 aliphatic carbocycles. The average Bonchev–Trinajstić information content (AvgIpc) is 3.19. The SMILES string of the molecule is CNCc1cn(S(=O)(=O)N2CCCC2)c(-c2cccnc2F)c1F.Cl. The first-order chi connectivity index (χ1) is 11.5. The van der Waals surface area contributed by atoms with E-state index in [0.717, 1.165) is 16.8 Å². The molecular formula is C15H19ClF2N4O2S. The molecule has 6 nitrogen and oxygen atoms in total. The van der Waals surface area contributed by atoms with Crippen molar-refractivity contribution in [3.05, 3.63) is 41.9 Å². The molecule has 0 unspecified atom stereocenters. The Hall–Kier alpha value is -1.55. The van der Waals surface area contributed by atoms with Gasteiger partial charge in [0.15, 0.2) is 5.82 Å². The highest BCUT2D eigenvalue weighted by atomic mass is 35.5. The molecule has 2 aromatic heterocycles. The summed E-state index contributed by atoms with van der Waals surface area (Å²) >= 11 is 0. The first kappa shape index (κ1) is 19.8. The lowest BCUT2D eigenvalue weighted by Crippen LogP contribution is -2.33. The van der Waals surface area contributed by atoms with Crippen LogP contribution in [0.25, 0.3) is 11.3 Å². The second kappa shape index (κ2) is 7.77. The first-order valence-electron chi connectivity index (χ1n) is 7.62. The molecule has 1 fully saturated rings. The van der Waals surface area contributed by atoms with Gasteiger partial charge in [-0.15, -0.1) is 12.4 Å². The minimum atomic E-state index is -3.97. The lowest BCUT2D eigenvalue weighted by Gasteiger charge is -2.18. The van der Waals surface area contributed by atoms with Gasteiger partial charge in [0, 0.05) is 37.6 Å². The Morgan fingerprint density at radius 1 is 1.28 bits per heavy atom. The van der Waals surface area contributed by atoms with Gasteiger partial charge in [0.25, 0.3) is 0 Å². The van der Waals surface area contributed by atoms with Crippen LogP contribution in [0, 0.1) is 11.8 Å². The monoisotopic (exact) mass is 392 g/mol. The van der Waals surface area contributed by atoms with Crippen molar-refractivity contribution in [2.45, 2.75) is 19.4 Å². The van der Waals surface area contributed by atoms with E-state index in [-0.39, 0.29) is 35.8 Å². The van der Waals surface area contributed by atoms with Gasteiger partial charge in [0.2, 0.25) is 5.95 Å². The normalized spacial score (nSPS) is 15.3. The fourth-order valence-corrected chi connectivity index (χ4v) is 4.49. The highest BCUT2D eigenvalue weighted by Crippen LogP contribution is 2.31. The third-order valence-electron chi connectivity index (χ3n) is 4.00. The Labute approximate surface area is 151 Å². The summed E-state index contributed by atoms with van der Waals surface area (Å²) in [5.74, 6) is -1.68. The van der Waals surface area contributed by atoms with E-state index in [9.17, 15) is 17.2 Å². The molecule has 2 aromatic rings. The van der Waals surface area contributed by atoms with Gasteiger partial charge in [-0.1, -0.05) is 0 Å². The van der Waals surface area contributed by atoms with E-state index in [0.29, 0.717) is 13.1 Å². The number of nitrogens with zero attached hydrogens (tertiary/aromatic N) is 3. The Morgan fingerprint density at radius 3 is 2.56 bits per heavy atom. The van der Waals surface area contributed by atoms with Crippen LogP contribution in [-0.2, 0) is 16.8 Å². The molecular weight excluding hydrogens is 374 g/mol. The van der Waals surface area contributed by atoms with E-state index < -0.39 is 22.0 Å². The molecule has 3 rings (SSSR count). The topological polar surface area (TPSA) is 67.2 Å². The third-order valence-corrected chi connectivity index (χ3v) is 5.81. The molecule has 0 amide bonds. The Morgan fingerprint density at radius 2 is 1.96 bits per heavy atom. The Kier molecular flexibility index (Phi) is 6.15. The van der Waals surface area contributed by atoms with Crippen molar-refractivity contribution in [2.24, 2.45) is 0 Å². The summed E-state index contributed by atoms with van der Waals surface area (Å²) in [5.41, 5.74) is -0.351. The molecule has 1 N–H and O–H groups in total. The number of halogens is 3. The molecule has 3 heterocycles. The van der Waals surface area contributed by atoms with Crippen LogP contribution in [0.4, 0.5) is 8.78 Å².